The fraction of sp³-hybridized carbons (Fsp3) is 0.286. The summed E-state index contributed by atoms with van der Waals surface area (Å²) in [5, 5.41) is 7.22. The van der Waals surface area contributed by atoms with E-state index in [1.807, 2.05) is 41.3 Å². The van der Waals surface area contributed by atoms with Crippen molar-refractivity contribution in [3.8, 4) is 17.0 Å². The molecule has 0 radical (unpaired) electrons. The Balaban J connectivity index is 1.60. The Labute approximate surface area is 158 Å². The van der Waals surface area contributed by atoms with Gasteiger partial charge in [0.05, 0.1) is 18.8 Å². The third-order valence-corrected chi connectivity index (χ3v) is 5.03. The molecular formula is C21H22N4O2. The van der Waals surface area contributed by atoms with Crippen LogP contribution in [0, 0.1) is 0 Å². The Morgan fingerprint density at radius 1 is 1.19 bits per heavy atom. The number of nitrogens with zero attached hydrogens (tertiary/aromatic N) is 3. The number of carbonyl (C=O) groups excluding carboxylic acids is 1. The number of benzene rings is 1. The molecule has 0 spiro atoms. The summed E-state index contributed by atoms with van der Waals surface area (Å²) in [6.07, 6.45) is 6.50. The maximum atomic E-state index is 13.2. The maximum absolute atomic E-state index is 13.2. The van der Waals surface area contributed by atoms with Gasteiger partial charge in [0, 0.05) is 24.5 Å². The molecule has 1 aliphatic rings. The molecule has 1 fully saturated rings. The molecule has 3 aromatic rings. The van der Waals surface area contributed by atoms with Gasteiger partial charge in [-0.15, -0.1) is 0 Å². The molecular weight excluding hydrogens is 340 g/mol. The molecule has 3 heterocycles. The first-order chi connectivity index (χ1) is 13.3. The van der Waals surface area contributed by atoms with Crippen molar-refractivity contribution in [2.75, 3.05) is 13.7 Å². The molecule has 1 N–H and O–H groups in total. The van der Waals surface area contributed by atoms with Gasteiger partial charge in [-0.2, -0.15) is 5.10 Å². The van der Waals surface area contributed by atoms with E-state index in [1.54, 1.807) is 19.5 Å². The molecule has 138 valence electrons. The van der Waals surface area contributed by atoms with Gasteiger partial charge < -0.3 is 9.64 Å². The van der Waals surface area contributed by atoms with Gasteiger partial charge in [-0.3, -0.25) is 14.9 Å². The standard InChI is InChI=1S/C21H22N4O2/c1-27-17-6-4-5-16(13-17)20-7-2-3-12-25(20)21(26)19-14-18(23-24-19)15-8-10-22-11-9-15/h4-6,8-11,13-14,20H,2-3,7,12H2,1H3,(H,23,24)/t20-/m1/s1. The van der Waals surface area contributed by atoms with Crippen LogP contribution < -0.4 is 4.74 Å². The van der Waals surface area contributed by atoms with Crippen LogP contribution in [0.4, 0.5) is 0 Å². The van der Waals surface area contributed by atoms with E-state index in [1.165, 1.54) is 0 Å². The van der Waals surface area contributed by atoms with Crippen LogP contribution in [0.1, 0.15) is 41.4 Å². The molecule has 0 saturated carbocycles. The first kappa shape index (κ1) is 17.3. The van der Waals surface area contributed by atoms with E-state index >= 15 is 0 Å². The Hall–Kier alpha value is -3.15. The zero-order valence-corrected chi connectivity index (χ0v) is 15.3. The fourth-order valence-corrected chi connectivity index (χ4v) is 3.63. The first-order valence-corrected chi connectivity index (χ1v) is 9.17. The minimum absolute atomic E-state index is 0.0182. The van der Waals surface area contributed by atoms with E-state index in [9.17, 15) is 4.79 Å². The monoisotopic (exact) mass is 362 g/mol. The molecule has 1 amide bonds. The summed E-state index contributed by atoms with van der Waals surface area (Å²) in [5.41, 5.74) is 3.30. The highest BCUT2D eigenvalue weighted by Gasteiger charge is 2.30. The molecule has 27 heavy (non-hydrogen) atoms. The van der Waals surface area contributed by atoms with Crippen LogP contribution in [0.2, 0.25) is 0 Å². The number of methoxy groups -OCH3 is 1. The molecule has 6 nitrogen and oxygen atoms in total. The lowest BCUT2D eigenvalue weighted by atomic mass is 9.94. The molecule has 1 aromatic carbocycles. The van der Waals surface area contributed by atoms with Crippen molar-refractivity contribution >= 4 is 5.91 Å². The zero-order valence-electron chi connectivity index (χ0n) is 15.3. The minimum atomic E-state index is -0.0182. The van der Waals surface area contributed by atoms with Crippen LogP contribution in [0.5, 0.6) is 5.75 Å². The molecule has 1 aliphatic heterocycles. The lowest BCUT2D eigenvalue weighted by Crippen LogP contribution is -2.38. The maximum Gasteiger partial charge on any atom is 0.272 e. The van der Waals surface area contributed by atoms with E-state index in [0.29, 0.717) is 5.69 Å². The molecule has 1 saturated heterocycles. The van der Waals surface area contributed by atoms with Crippen LogP contribution >= 0.6 is 0 Å². The van der Waals surface area contributed by atoms with E-state index in [-0.39, 0.29) is 11.9 Å². The number of ether oxygens (including phenoxy) is 1. The second-order valence-electron chi connectivity index (χ2n) is 6.69. The number of carbonyl (C=O) groups is 1. The van der Waals surface area contributed by atoms with Crippen molar-refractivity contribution in [3.63, 3.8) is 0 Å². The number of amides is 1. The van der Waals surface area contributed by atoms with Gasteiger partial charge in [0.25, 0.3) is 5.91 Å². The summed E-state index contributed by atoms with van der Waals surface area (Å²) in [6, 6.07) is 13.6. The van der Waals surface area contributed by atoms with Crippen molar-refractivity contribution in [1.29, 1.82) is 0 Å². The highest BCUT2D eigenvalue weighted by atomic mass is 16.5. The van der Waals surface area contributed by atoms with Gasteiger partial charge in [-0.05, 0) is 55.2 Å². The number of H-pyrrole nitrogens is 1. The first-order valence-electron chi connectivity index (χ1n) is 9.17. The van der Waals surface area contributed by atoms with E-state index < -0.39 is 0 Å². The zero-order chi connectivity index (χ0) is 18.6. The number of piperidine rings is 1. The van der Waals surface area contributed by atoms with Crippen LogP contribution in [-0.4, -0.2) is 39.6 Å². The summed E-state index contributed by atoms with van der Waals surface area (Å²) in [6.45, 7) is 0.740. The van der Waals surface area contributed by atoms with Crippen LogP contribution in [0.15, 0.2) is 54.9 Å². The Morgan fingerprint density at radius 2 is 2.04 bits per heavy atom. The summed E-state index contributed by atoms with van der Waals surface area (Å²) in [5.74, 6) is 0.794. The van der Waals surface area contributed by atoms with Crippen molar-refractivity contribution in [2.45, 2.75) is 25.3 Å². The van der Waals surface area contributed by atoms with Crippen molar-refractivity contribution < 1.29 is 9.53 Å². The molecule has 0 bridgehead atoms. The highest BCUT2D eigenvalue weighted by molar-refractivity contribution is 5.93. The van der Waals surface area contributed by atoms with Gasteiger partial charge >= 0.3 is 0 Å². The molecule has 6 heteroatoms. The van der Waals surface area contributed by atoms with E-state index in [4.69, 9.17) is 4.74 Å². The second-order valence-corrected chi connectivity index (χ2v) is 6.69. The molecule has 2 aromatic heterocycles. The average molecular weight is 362 g/mol. The molecule has 4 rings (SSSR count). The SMILES string of the molecule is COc1cccc([C@H]2CCCCN2C(=O)c2cc(-c3ccncc3)n[nH]2)c1. The van der Waals surface area contributed by atoms with Gasteiger partial charge in [-0.25, -0.2) is 0 Å². The largest absolute Gasteiger partial charge is 0.497 e. The molecule has 0 unspecified atom stereocenters. The Morgan fingerprint density at radius 3 is 2.85 bits per heavy atom. The van der Waals surface area contributed by atoms with Crippen LogP contribution in [0.25, 0.3) is 11.3 Å². The third kappa shape index (κ3) is 3.56. The smallest absolute Gasteiger partial charge is 0.272 e. The number of pyridine rings is 1. The number of hydrogen-bond donors (Lipinski definition) is 1. The van der Waals surface area contributed by atoms with Gasteiger partial charge in [-0.1, -0.05) is 12.1 Å². The average Bonchev–Trinajstić information content (AvgIpc) is 3.24. The number of hydrogen-bond acceptors (Lipinski definition) is 4. The summed E-state index contributed by atoms with van der Waals surface area (Å²) in [7, 11) is 1.66. The highest BCUT2D eigenvalue weighted by Crippen LogP contribution is 2.33. The van der Waals surface area contributed by atoms with Crippen molar-refractivity contribution in [2.24, 2.45) is 0 Å². The lowest BCUT2D eigenvalue weighted by Gasteiger charge is -2.36. The summed E-state index contributed by atoms with van der Waals surface area (Å²) >= 11 is 0. The van der Waals surface area contributed by atoms with E-state index in [2.05, 4.69) is 21.2 Å². The van der Waals surface area contributed by atoms with Gasteiger partial charge in [0.15, 0.2) is 0 Å². The van der Waals surface area contributed by atoms with Crippen LogP contribution in [-0.2, 0) is 0 Å². The Bertz CT molecular complexity index is 923. The Kier molecular flexibility index (Phi) is 4.87. The number of nitrogens with one attached hydrogen (secondary N) is 1. The fourth-order valence-electron chi connectivity index (χ4n) is 3.63. The normalized spacial score (nSPS) is 16.9. The summed E-state index contributed by atoms with van der Waals surface area (Å²) in [4.78, 5) is 19.2. The topological polar surface area (TPSA) is 71.1 Å². The number of likely N-dealkylation sites (tertiary alicyclic amines) is 1. The predicted octanol–water partition coefficient (Wildman–Crippen LogP) is 3.85. The van der Waals surface area contributed by atoms with Gasteiger partial charge in [0.2, 0.25) is 0 Å². The number of aromatic amines is 1. The predicted molar refractivity (Wildman–Crippen MR) is 102 cm³/mol. The molecule has 0 aliphatic carbocycles. The number of rotatable bonds is 4. The van der Waals surface area contributed by atoms with Gasteiger partial charge in [0.1, 0.15) is 11.4 Å². The third-order valence-electron chi connectivity index (χ3n) is 5.03. The minimum Gasteiger partial charge on any atom is -0.497 e. The van der Waals surface area contributed by atoms with Crippen molar-refractivity contribution in [1.82, 2.24) is 20.1 Å². The summed E-state index contributed by atoms with van der Waals surface area (Å²) < 4.78 is 5.35. The van der Waals surface area contributed by atoms with Crippen molar-refractivity contribution in [3.05, 3.63) is 66.1 Å². The quantitative estimate of drug-likeness (QED) is 0.765. The van der Waals surface area contributed by atoms with E-state index in [0.717, 1.165) is 48.4 Å². The second kappa shape index (κ2) is 7.61. The van der Waals surface area contributed by atoms with Crippen LogP contribution in [0.3, 0.4) is 0 Å². The number of aromatic nitrogens is 3. The molecule has 1 atom stereocenters. The lowest BCUT2D eigenvalue weighted by molar-refractivity contribution is 0.0605.